The summed E-state index contributed by atoms with van der Waals surface area (Å²) in [4.78, 5) is 11.9. The molecule has 2 rings (SSSR count). The number of benzene rings is 1. The molecule has 0 atom stereocenters. The van der Waals surface area contributed by atoms with Crippen molar-refractivity contribution in [2.45, 2.75) is 13.5 Å². The minimum Gasteiger partial charge on any atom is -0.508 e. The number of aromatic hydroxyl groups is 1. The SMILES string of the molecule is Cc1c(O)cccc1C(=O)NCCn1ccnn1. The minimum atomic E-state index is -0.205. The molecule has 1 aromatic carbocycles. The third kappa shape index (κ3) is 2.65. The Morgan fingerprint density at radius 3 is 3.06 bits per heavy atom. The van der Waals surface area contributed by atoms with Gasteiger partial charge >= 0.3 is 0 Å². The Kier molecular flexibility index (Phi) is 3.57. The van der Waals surface area contributed by atoms with Crippen LogP contribution >= 0.6 is 0 Å². The van der Waals surface area contributed by atoms with Crippen LogP contribution in [0.25, 0.3) is 0 Å². The first-order valence-electron chi connectivity index (χ1n) is 5.59. The minimum absolute atomic E-state index is 0.124. The van der Waals surface area contributed by atoms with E-state index in [0.29, 0.717) is 24.2 Å². The Morgan fingerprint density at radius 1 is 1.50 bits per heavy atom. The summed E-state index contributed by atoms with van der Waals surface area (Å²) in [5.41, 5.74) is 1.06. The summed E-state index contributed by atoms with van der Waals surface area (Å²) in [5, 5.41) is 19.8. The van der Waals surface area contributed by atoms with Gasteiger partial charge < -0.3 is 10.4 Å². The number of nitrogens with one attached hydrogen (secondary N) is 1. The summed E-state index contributed by atoms with van der Waals surface area (Å²) in [6.45, 7) is 2.72. The quantitative estimate of drug-likeness (QED) is 0.833. The second kappa shape index (κ2) is 5.31. The van der Waals surface area contributed by atoms with E-state index < -0.39 is 0 Å². The molecule has 0 unspecified atom stereocenters. The van der Waals surface area contributed by atoms with Crippen molar-refractivity contribution in [3.63, 3.8) is 0 Å². The van der Waals surface area contributed by atoms with Crippen molar-refractivity contribution in [2.75, 3.05) is 6.54 Å². The number of phenolic OH excluding ortho intramolecular Hbond substituents is 1. The Morgan fingerprint density at radius 2 is 2.33 bits per heavy atom. The fraction of sp³-hybridized carbons (Fsp3) is 0.250. The van der Waals surface area contributed by atoms with Crippen LogP contribution < -0.4 is 5.32 Å². The van der Waals surface area contributed by atoms with Gasteiger partial charge in [0.15, 0.2) is 0 Å². The number of phenols is 1. The third-order valence-electron chi connectivity index (χ3n) is 2.65. The van der Waals surface area contributed by atoms with Gasteiger partial charge in [-0.3, -0.25) is 9.48 Å². The van der Waals surface area contributed by atoms with Crippen LogP contribution in [0, 0.1) is 6.92 Å². The summed E-state index contributed by atoms with van der Waals surface area (Å²) in [6.07, 6.45) is 3.31. The van der Waals surface area contributed by atoms with Gasteiger partial charge in [-0.25, -0.2) is 0 Å². The number of carbonyl (C=O) groups excluding carboxylic acids is 1. The molecule has 94 valence electrons. The van der Waals surface area contributed by atoms with Crippen molar-refractivity contribution in [3.8, 4) is 5.75 Å². The maximum absolute atomic E-state index is 11.9. The number of amides is 1. The molecule has 0 aliphatic carbocycles. The molecule has 6 heteroatoms. The third-order valence-corrected chi connectivity index (χ3v) is 2.65. The zero-order chi connectivity index (χ0) is 13.0. The molecule has 1 heterocycles. The average molecular weight is 246 g/mol. The standard InChI is InChI=1S/C12H14N4O2/c1-9-10(3-2-4-11(9)17)12(18)13-5-7-16-8-6-14-15-16/h2-4,6,8,17H,5,7H2,1H3,(H,13,18). The summed E-state index contributed by atoms with van der Waals surface area (Å²) in [6, 6.07) is 4.88. The molecule has 6 nitrogen and oxygen atoms in total. The highest BCUT2D eigenvalue weighted by atomic mass is 16.3. The van der Waals surface area contributed by atoms with Crippen LogP contribution in [-0.2, 0) is 6.54 Å². The van der Waals surface area contributed by atoms with Crippen LogP contribution in [0.2, 0.25) is 0 Å². The number of nitrogens with zero attached hydrogens (tertiary/aromatic N) is 3. The van der Waals surface area contributed by atoms with E-state index in [1.807, 2.05) is 0 Å². The molecule has 0 aliphatic rings. The molecule has 0 bridgehead atoms. The van der Waals surface area contributed by atoms with Gasteiger partial charge in [0.05, 0.1) is 12.7 Å². The largest absolute Gasteiger partial charge is 0.508 e. The number of hydrogen-bond donors (Lipinski definition) is 2. The lowest BCUT2D eigenvalue weighted by atomic mass is 10.1. The van der Waals surface area contributed by atoms with Crippen molar-refractivity contribution >= 4 is 5.91 Å². The van der Waals surface area contributed by atoms with E-state index in [9.17, 15) is 9.90 Å². The monoisotopic (exact) mass is 246 g/mol. The number of hydrogen-bond acceptors (Lipinski definition) is 4. The molecule has 0 fully saturated rings. The number of aromatic nitrogens is 3. The van der Waals surface area contributed by atoms with Crippen LogP contribution in [0.1, 0.15) is 15.9 Å². The second-order valence-electron chi connectivity index (χ2n) is 3.87. The molecule has 18 heavy (non-hydrogen) atoms. The van der Waals surface area contributed by atoms with Crippen LogP contribution in [0.3, 0.4) is 0 Å². The van der Waals surface area contributed by atoms with Gasteiger partial charge in [0.1, 0.15) is 5.75 Å². The summed E-state index contributed by atoms with van der Waals surface area (Å²) < 4.78 is 1.63. The zero-order valence-corrected chi connectivity index (χ0v) is 10.00. The predicted octanol–water partition coefficient (Wildman–Crippen LogP) is 0.722. The molecule has 0 aliphatic heterocycles. The average Bonchev–Trinajstić information content (AvgIpc) is 2.85. The van der Waals surface area contributed by atoms with E-state index in [-0.39, 0.29) is 11.7 Å². The van der Waals surface area contributed by atoms with Gasteiger partial charge in [-0.2, -0.15) is 0 Å². The lowest BCUT2D eigenvalue weighted by molar-refractivity contribution is 0.0951. The first kappa shape index (κ1) is 12.1. The van der Waals surface area contributed by atoms with Crippen LogP contribution in [0.4, 0.5) is 0 Å². The maximum Gasteiger partial charge on any atom is 0.251 e. The Bertz CT molecular complexity index is 537. The normalized spacial score (nSPS) is 10.3. The van der Waals surface area contributed by atoms with Crippen molar-refractivity contribution in [1.29, 1.82) is 0 Å². The highest BCUT2D eigenvalue weighted by molar-refractivity contribution is 5.96. The molecular formula is C12H14N4O2. The Balaban J connectivity index is 1.93. The fourth-order valence-electron chi connectivity index (χ4n) is 1.60. The smallest absolute Gasteiger partial charge is 0.251 e. The van der Waals surface area contributed by atoms with Gasteiger partial charge in [0, 0.05) is 23.9 Å². The number of rotatable bonds is 4. The van der Waals surface area contributed by atoms with E-state index in [1.165, 1.54) is 0 Å². The summed E-state index contributed by atoms with van der Waals surface area (Å²) in [5.74, 6) is -0.0811. The van der Waals surface area contributed by atoms with Gasteiger partial charge in [0.25, 0.3) is 5.91 Å². The van der Waals surface area contributed by atoms with Gasteiger partial charge in [-0.15, -0.1) is 5.10 Å². The predicted molar refractivity (Wildman–Crippen MR) is 65.2 cm³/mol. The zero-order valence-electron chi connectivity index (χ0n) is 10.00. The molecule has 0 saturated carbocycles. The maximum atomic E-state index is 11.9. The Hall–Kier alpha value is -2.37. The highest BCUT2D eigenvalue weighted by Crippen LogP contribution is 2.19. The number of carbonyl (C=O) groups is 1. The first-order valence-corrected chi connectivity index (χ1v) is 5.59. The van der Waals surface area contributed by atoms with E-state index >= 15 is 0 Å². The first-order chi connectivity index (χ1) is 8.68. The van der Waals surface area contributed by atoms with Gasteiger partial charge in [0.2, 0.25) is 0 Å². The Labute approximate surface area is 104 Å². The molecule has 2 aromatic rings. The molecule has 1 aromatic heterocycles. The van der Waals surface area contributed by atoms with Crippen molar-refractivity contribution < 1.29 is 9.90 Å². The topological polar surface area (TPSA) is 80.0 Å². The fourth-order valence-corrected chi connectivity index (χ4v) is 1.60. The van der Waals surface area contributed by atoms with Gasteiger partial charge in [-0.1, -0.05) is 11.3 Å². The van der Waals surface area contributed by atoms with Crippen LogP contribution in [0.5, 0.6) is 5.75 Å². The van der Waals surface area contributed by atoms with Crippen molar-refractivity contribution in [2.24, 2.45) is 0 Å². The molecule has 0 spiro atoms. The van der Waals surface area contributed by atoms with Crippen LogP contribution in [0.15, 0.2) is 30.6 Å². The molecule has 2 N–H and O–H groups in total. The molecular weight excluding hydrogens is 232 g/mol. The lowest BCUT2D eigenvalue weighted by Gasteiger charge is -2.08. The van der Waals surface area contributed by atoms with E-state index in [4.69, 9.17) is 0 Å². The summed E-state index contributed by atoms with van der Waals surface area (Å²) in [7, 11) is 0. The van der Waals surface area contributed by atoms with E-state index in [1.54, 1.807) is 42.2 Å². The van der Waals surface area contributed by atoms with E-state index in [2.05, 4.69) is 15.6 Å². The molecule has 0 saturated heterocycles. The highest BCUT2D eigenvalue weighted by Gasteiger charge is 2.10. The molecule has 0 radical (unpaired) electrons. The summed E-state index contributed by atoms with van der Waals surface area (Å²) >= 11 is 0. The van der Waals surface area contributed by atoms with Crippen molar-refractivity contribution in [1.82, 2.24) is 20.3 Å². The van der Waals surface area contributed by atoms with E-state index in [0.717, 1.165) is 0 Å². The molecule has 1 amide bonds. The second-order valence-corrected chi connectivity index (χ2v) is 3.87. The van der Waals surface area contributed by atoms with Gasteiger partial charge in [-0.05, 0) is 19.1 Å². The van der Waals surface area contributed by atoms with Crippen molar-refractivity contribution in [3.05, 3.63) is 41.7 Å². The van der Waals surface area contributed by atoms with Crippen LogP contribution in [-0.4, -0.2) is 32.6 Å². The lowest BCUT2D eigenvalue weighted by Crippen LogP contribution is -2.28.